The number of pyridine rings is 1. The van der Waals surface area contributed by atoms with E-state index in [0.717, 1.165) is 28.6 Å². The normalized spacial score (nSPS) is 10.9. The van der Waals surface area contributed by atoms with Gasteiger partial charge in [0.05, 0.1) is 14.8 Å². The maximum Gasteiger partial charge on any atom is 0.264 e. The third-order valence-electron chi connectivity index (χ3n) is 3.15. The number of nitrogens with one attached hydrogen (secondary N) is 1. The predicted octanol–water partition coefficient (Wildman–Crippen LogP) is 3.15. The number of rotatable bonds is 2. The zero-order valence-electron chi connectivity index (χ0n) is 10.9. The lowest BCUT2D eigenvalue weighted by Crippen LogP contribution is -2.16. The fourth-order valence-corrected chi connectivity index (χ4v) is 2.80. The van der Waals surface area contributed by atoms with Crippen LogP contribution in [-0.4, -0.2) is 15.0 Å². The van der Waals surface area contributed by atoms with Crippen LogP contribution >= 0.6 is 22.6 Å². The summed E-state index contributed by atoms with van der Waals surface area (Å²) in [6.07, 6.45) is 2.48. The molecule has 0 radical (unpaired) electrons. The van der Waals surface area contributed by atoms with Gasteiger partial charge in [0.1, 0.15) is 5.82 Å². The molecular formula is C15H12IN3O. The number of halogens is 1. The van der Waals surface area contributed by atoms with Gasteiger partial charge >= 0.3 is 0 Å². The fourth-order valence-electron chi connectivity index (χ4n) is 2.16. The number of hydrogen-bond acceptors (Lipinski definition) is 3. The van der Waals surface area contributed by atoms with Crippen molar-refractivity contribution in [3.63, 3.8) is 0 Å². The molecule has 3 aromatic rings. The third-order valence-corrected chi connectivity index (χ3v) is 4.27. The summed E-state index contributed by atoms with van der Waals surface area (Å²) in [5, 5.41) is 1.03. The molecule has 3 rings (SSSR count). The van der Waals surface area contributed by atoms with Crippen molar-refractivity contribution in [3.05, 3.63) is 56.1 Å². The Labute approximate surface area is 129 Å². The zero-order valence-corrected chi connectivity index (χ0v) is 13.0. The van der Waals surface area contributed by atoms with Crippen molar-refractivity contribution in [1.29, 1.82) is 0 Å². The second kappa shape index (κ2) is 5.32. The predicted molar refractivity (Wildman–Crippen MR) is 87.7 cm³/mol. The van der Waals surface area contributed by atoms with Crippen molar-refractivity contribution < 1.29 is 0 Å². The average Bonchev–Trinajstić information content (AvgIpc) is 2.49. The lowest BCUT2D eigenvalue weighted by Gasteiger charge is -2.07. The van der Waals surface area contributed by atoms with Crippen LogP contribution in [0.2, 0.25) is 0 Å². The topological polar surface area (TPSA) is 58.6 Å². The number of aryl methyl sites for hydroxylation is 1. The van der Waals surface area contributed by atoms with Gasteiger partial charge in [-0.05, 0) is 41.1 Å². The van der Waals surface area contributed by atoms with Crippen LogP contribution in [0.3, 0.4) is 0 Å². The van der Waals surface area contributed by atoms with E-state index in [0.29, 0.717) is 9.39 Å². The monoisotopic (exact) mass is 377 g/mol. The van der Waals surface area contributed by atoms with Crippen LogP contribution in [-0.2, 0) is 6.42 Å². The van der Waals surface area contributed by atoms with Gasteiger partial charge in [-0.25, -0.2) is 4.98 Å². The molecule has 0 atom stereocenters. The molecule has 5 heteroatoms. The van der Waals surface area contributed by atoms with Crippen LogP contribution in [0.15, 0.2) is 41.3 Å². The first-order chi connectivity index (χ1) is 9.70. The Kier molecular flexibility index (Phi) is 3.52. The number of aromatic amines is 1. The number of benzene rings is 1. The van der Waals surface area contributed by atoms with Crippen molar-refractivity contribution >= 4 is 33.5 Å². The average molecular weight is 377 g/mol. The third kappa shape index (κ3) is 2.22. The van der Waals surface area contributed by atoms with E-state index in [4.69, 9.17) is 0 Å². The van der Waals surface area contributed by atoms with Crippen molar-refractivity contribution in [1.82, 2.24) is 15.0 Å². The first-order valence-corrected chi connectivity index (χ1v) is 7.41. The molecule has 0 spiro atoms. The second-order valence-electron chi connectivity index (χ2n) is 4.41. The molecule has 0 saturated heterocycles. The number of fused-ring (bicyclic) bond motifs is 1. The van der Waals surface area contributed by atoms with Gasteiger partial charge in [-0.1, -0.05) is 25.1 Å². The van der Waals surface area contributed by atoms with Gasteiger partial charge in [0.2, 0.25) is 0 Å². The van der Waals surface area contributed by atoms with Crippen LogP contribution in [0.1, 0.15) is 12.6 Å². The molecule has 0 aliphatic rings. The summed E-state index contributed by atoms with van der Waals surface area (Å²) in [6.45, 7) is 2.00. The summed E-state index contributed by atoms with van der Waals surface area (Å²) in [6, 6.07) is 9.77. The molecule has 0 bridgehead atoms. The molecule has 100 valence electrons. The Morgan fingerprint density at radius 3 is 2.85 bits per heavy atom. The zero-order chi connectivity index (χ0) is 14.1. The SMILES string of the molecule is CCc1nc(-c2cccc3cccnc23)[nH]c(=O)c1I. The summed E-state index contributed by atoms with van der Waals surface area (Å²) in [5.41, 5.74) is 2.42. The molecule has 0 aliphatic heterocycles. The highest BCUT2D eigenvalue weighted by Crippen LogP contribution is 2.24. The van der Waals surface area contributed by atoms with Crippen molar-refractivity contribution in [3.8, 4) is 11.4 Å². The summed E-state index contributed by atoms with van der Waals surface area (Å²) < 4.78 is 0.655. The standard InChI is InChI=1S/C15H12IN3O/c1-2-11-12(16)15(20)19-14(18-11)10-7-3-5-9-6-4-8-17-13(9)10/h3-8H,2H2,1H3,(H,18,19,20). The molecule has 1 aromatic carbocycles. The van der Waals surface area contributed by atoms with Crippen molar-refractivity contribution in [2.24, 2.45) is 0 Å². The highest BCUT2D eigenvalue weighted by Gasteiger charge is 2.11. The molecule has 0 saturated carbocycles. The molecule has 20 heavy (non-hydrogen) atoms. The van der Waals surface area contributed by atoms with Gasteiger partial charge in [-0.15, -0.1) is 0 Å². The van der Waals surface area contributed by atoms with Crippen LogP contribution in [0.4, 0.5) is 0 Å². The number of aromatic nitrogens is 3. The molecule has 4 nitrogen and oxygen atoms in total. The van der Waals surface area contributed by atoms with E-state index >= 15 is 0 Å². The van der Waals surface area contributed by atoms with Crippen molar-refractivity contribution in [2.75, 3.05) is 0 Å². The Bertz CT molecular complexity index is 837. The first kappa shape index (κ1) is 13.2. The number of nitrogens with zero attached hydrogens (tertiary/aromatic N) is 2. The van der Waals surface area contributed by atoms with Gasteiger partial charge < -0.3 is 4.98 Å². The highest BCUT2D eigenvalue weighted by atomic mass is 127. The van der Waals surface area contributed by atoms with Gasteiger partial charge in [-0.2, -0.15) is 0 Å². The van der Waals surface area contributed by atoms with E-state index in [1.165, 1.54) is 0 Å². The molecule has 0 unspecified atom stereocenters. The van der Waals surface area contributed by atoms with E-state index in [-0.39, 0.29) is 5.56 Å². The molecule has 0 fully saturated rings. The summed E-state index contributed by atoms with van der Waals surface area (Å²) in [5.74, 6) is 0.580. The Hall–Kier alpha value is -1.76. The second-order valence-corrected chi connectivity index (χ2v) is 5.49. The molecular weight excluding hydrogens is 365 g/mol. The summed E-state index contributed by atoms with van der Waals surface area (Å²) >= 11 is 2.04. The van der Waals surface area contributed by atoms with Crippen LogP contribution in [0.5, 0.6) is 0 Å². The maximum atomic E-state index is 12.0. The number of para-hydroxylation sites is 1. The molecule has 0 amide bonds. The quantitative estimate of drug-likeness (QED) is 0.698. The summed E-state index contributed by atoms with van der Waals surface area (Å²) in [4.78, 5) is 23.8. The minimum absolute atomic E-state index is 0.0969. The van der Waals surface area contributed by atoms with Crippen molar-refractivity contribution in [2.45, 2.75) is 13.3 Å². The minimum atomic E-state index is -0.0969. The van der Waals surface area contributed by atoms with Gasteiger partial charge in [0, 0.05) is 17.1 Å². The van der Waals surface area contributed by atoms with E-state index in [1.807, 2.05) is 59.8 Å². The molecule has 0 aliphatic carbocycles. The Morgan fingerprint density at radius 2 is 2.05 bits per heavy atom. The highest BCUT2D eigenvalue weighted by molar-refractivity contribution is 14.1. The fraction of sp³-hybridized carbons (Fsp3) is 0.133. The Balaban J connectivity index is 2.31. The number of H-pyrrole nitrogens is 1. The maximum absolute atomic E-state index is 12.0. The Morgan fingerprint density at radius 1 is 1.25 bits per heavy atom. The smallest absolute Gasteiger partial charge is 0.264 e. The van der Waals surface area contributed by atoms with Crippen LogP contribution in [0, 0.1) is 3.57 Å². The van der Waals surface area contributed by atoms with Crippen LogP contribution in [0.25, 0.3) is 22.3 Å². The molecule has 2 heterocycles. The molecule has 1 N–H and O–H groups in total. The van der Waals surface area contributed by atoms with Gasteiger partial charge in [-0.3, -0.25) is 9.78 Å². The van der Waals surface area contributed by atoms with Crippen LogP contribution < -0.4 is 5.56 Å². The van der Waals surface area contributed by atoms with E-state index < -0.39 is 0 Å². The van der Waals surface area contributed by atoms with E-state index in [2.05, 4.69) is 15.0 Å². The van der Waals surface area contributed by atoms with E-state index in [9.17, 15) is 4.79 Å². The summed E-state index contributed by atoms with van der Waals surface area (Å²) in [7, 11) is 0. The number of hydrogen-bond donors (Lipinski definition) is 1. The lowest BCUT2D eigenvalue weighted by molar-refractivity contribution is 0.969. The van der Waals surface area contributed by atoms with E-state index in [1.54, 1.807) is 6.20 Å². The first-order valence-electron chi connectivity index (χ1n) is 6.33. The largest absolute Gasteiger partial charge is 0.306 e. The van der Waals surface area contributed by atoms with Gasteiger partial charge in [0.15, 0.2) is 0 Å². The van der Waals surface area contributed by atoms with Gasteiger partial charge in [0.25, 0.3) is 5.56 Å². The molecule has 2 aromatic heterocycles. The lowest BCUT2D eigenvalue weighted by atomic mass is 10.1. The minimum Gasteiger partial charge on any atom is -0.306 e.